The van der Waals surface area contributed by atoms with Crippen molar-refractivity contribution in [1.29, 1.82) is 0 Å². The third-order valence-electron chi connectivity index (χ3n) is 4.32. The number of piperidine rings is 1. The van der Waals surface area contributed by atoms with Crippen LogP contribution >= 0.6 is 0 Å². The van der Waals surface area contributed by atoms with E-state index in [4.69, 9.17) is 0 Å². The Balaban J connectivity index is 2.16. The Bertz CT molecular complexity index is 396. The summed E-state index contributed by atoms with van der Waals surface area (Å²) >= 11 is 0. The Morgan fingerprint density at radius 1 is 1.05 bits per heavy atom. The molecular formula is C17H28N2. The van der Waals surface area contributed by atoms with E-state index in [1.165, 1.54) is 54.6 Å². The highest BCUT2D eigenvalue weighted by atomic mass is 15.1. The van der Waals surface area contributed by atoms with Crippen molar-refractivity contribution in [2.75, 3.05) is 26.7 Å². The van der Waals surface area contributed by atoms with Gasteiger partial charge in [0.05, 0.1) is 0 Å². The van der Waals surface area contributed by atoms with Crippen LogP contribution in [0, 0.1) is 20.8 Å². The first-order chi connectivity index (χ1) is 9.11. The summed E-state index contributed by atoms with van der Waals surface area (Å²) in [5.74, 6) is 0. The topological polar surface area (TPSA) is 15.3 Å². The quantitative estimate of drug-likeness (QED) is 0.893. The van der Waals surface area contributed by atoms with Crippen LogP contribution in [0.4, 0.5) is 0 Å². The SMILES string of the molecule is CN[C@@H](CN1CCCCC1)c1c(C)cc(C)cc1C. The first-order valence-corrected chi connectivity index (χ1v) is 7.59. The van der Waals surface area contributed by atoms with Crippen LogP contribution in [-0.2, 0) is 0 Å². The van der Waals surface area contributed by atoms with E-state index < -0.39 is 0 Å². The monoisotopic (exact) mass is 260 g/mol. The first-order valence-electron chi connectivity index (χ1n) is 7.59. The van der Waals surface area contributed by atoms with Crippen molar-refractivity contribution in [2.45, 2.75) is 46.1 Å². The minimum Gasteiger partial charge on any atom is -0.312 e. The highest BCUT2D eigenvalue weighted by Crippen LogP contribution is 2.25. The molecule has 1 aliphatic rings. The van der Waals surface area contributed by atoms with Gasteiger partial charge in [-0.2, -0.15) is 0 Å². The summed E-state index contributed by atoms with van der Waals surface area (Å²) < 4.78 is 0. The molecule has 2 nitrogen and oxygen atoms in total. The minimum absolute atomic E-state index is 0.457. The number of benzene rings is 1. The molecule has 0 bridgehead atoms. The lowest BCUT2D eigenvalue weighted by Gasteiger charge is -2.32. The van der Waals surface area contributed by atoms with Crippen molar-refractivity contribution in [2.24, 2.45) is 0 Å². The summed E-state index contributed by atoms with van der Waals surface area (Å²) in [6.07, 6.45) is 4.13. The van der Waals surface area contributed by atoms with E-state index in [9.17, 15) is 0 Å². The zero-order chi connectivity index (χ0) is 13.8. The molecule has 0 aliphatic carbocycles. The van der Waals surface area contributed by atoms with E-state index in [1.54, 1.807) is 0 Å². The fourth-order valence-corrected chi connectivity index (χ4v) is 3.47. The van der Waals surface area contributed by atoms with Gasteiger partial charge in [-0.1, -0.05) is 24.1 Å². The second kappa shape index (κ2) is 6.53. The second-order valence-electron chi connectivity index (χ2n) is 6.01. The van der Waals surface area contributed by atoms with Gasteiger partial charge >= 0.3 is 0 Å². The van der Waals surface area contributed by atoms with Gasteiger partial charge in [0.25, 0.3) is 0 Å². The molecule has 0 aromatic heterocycles. The highest BCUT2D eigenvalue weighted by molar-refractivity contribution is 5.39. The molecule has 106 valence electrons. The van der Waals surface area contributed by atoms with Gasteiger partial charge < -0.3 is 10.2 Å². The Hall–Kier alpha value is -0.860. The Morgan fingerprint density at radius 3 is 2.16 bits per heavy atom. The average Bonchev–Trinajstić information content (AvgIpc) is 2.37. The predicted molar refractivity (Wildman–Crippen MR) is 82.7 cm³/mol. The Kier molecular flexibility index (Phi) is 5.00. The van der Waals surface area contributed by atoms with Crippen molar-refractivity contribution in [3.8, 4) is 0 Å². The molecule has 1 aromatic rings. The number of aryl methyl sites for hydroxylation is 3. The maximum Gasteiger partial charge on any atom is 0.0452 e. The Labute approximate surface area is 118 Å². The third kappa shape index (κ3) is 3.58. The predicted octanol–water partition coefficient (Wildman–Crippen LogP) is 3.36. The van der Waals surface area contributed by atoms with Crippen LogP contribution in [0.1, 0.15) is 47.6 Å². The van der Waals surface area contributed by atoms with Crippen molar-refractivity contribution >= 4 is 0 Å². The maximum absolute atomic E-state index is 3.53. The molecule has 0 unspecified atom stereocenters. The largest absolute Gasteiger partial charge is 0.312 e. The summed E-state index contributed by atoms with van der Waals surface area (Å²) in [5, 5.41) is 3.53. The minimum atomic E-state index is 0.457. The summed E-state index contributed by atoms with van der Waals surface area (Å²) in [6.45, 7) is 10.3. The number of rotatable bonds is 4. The van der Waals surface area contributed by atoms with Crippen LogP contribution < -0.4 is 5.32 Å². The normalized spacial score (nSPS) is 18.5. The van der Waals surface area contributed by atoms with Gasteiger partial charge in [-0.05, 0) is 70.4 Å². The standard InChI is InChI=1S/C17H28N2/c1-13-10-14(2)17(15(3)11-13)16(18-4)12-19-8-6-5-7-9-19/h10-11,16,18H,5-9,12H2,1-4H3/t16-/m0/s1. The molecule has 2 heteroatoms. The number of likely N-dealkylation sites (tertiary alicyclic amines) is 1. The molecule has 1 atom stereocenters. The molecule has 19 heavy (non-hydrogen) atoms. The van der Waals surface area contributed by atoms with Gasteiger partial charge in [0.1, 0.15) is 0 Å². The van der Waals surface area contributed by atoms with Crippen molar-refractivity contribution in [1.82, 2.24) is 10.2 Å². The van der Waals surface area contributed by atoms with E-state index >= 15 is 0 Å². The van der Waals surface area contributed by atoms with Gasteiger partial charge in [-0.15, -0.1) is 0 Å². The molecule has 1 N–H and O–H groups in total. The molecular weight excluding hydrogens is 232 g/mol. The molecule has 1 saturated heterocycles. The summed E-state index contributed by atoms with van der Waals surface area (Å²) in [7, 11) is 2.09. The van der Waals surface area contributed by atoms with Gasteiger partial charge in [-0.3, -0.25) is 0 Å². The second-order valence-corrected chi connectivity index (χ2v) is 6.01. The fourth-order valence-electron chi connectivity index (χ4n) is 3.47. The fraction of sp³-hybridized carbons (Fsp3) is 0.647. The molecule has 1 heterocycles. The highest BCUT2D eigenvalue weighted by Gasteiger charge is 2.19. The molecule has 1 aliphatic heterocycles. The Morgan fingerprint density at radius 2 is 1.63 bits per heavy atom. The molecule has 2 rings (SSSR count). The maximum atomic E-state index is 3.53. The smallest absolute Gasteiger partial charge is 0.0452 e. The number of hydrogen-bond acceptors (Lipinski definition) is 2. The average molecular weight is 260 g/mol. The van der Waals surface area contributed by atoms with Crippen LogP contribution in [-0.4, -0.2) is 31.6 Å². The number of nitrogens with one attached hydrogen (secondary N) is 1. The molecule has 1 aromatic carbocycles. The van der Waals surface area contributed by atoms with Gasteiger partial charge in [0, 0.05) is 12.6 Å². The zero-order valence-corrected chi connectivity index (χ0v) is 12.9. The van der Waals surface area contributed by atoms with Crippen LogP contribution in [0.3, 0.4) is 0 Å². The molecule has 0 amide bonds. The summed E-state index contributed by atoms with van der Waals surface area (Å²) in [4.78, 5) is 2.61. The van der Waals surface area contributed by atoms with Gasteiger partial charge in [0.2, 0.25) is 0 Å². The lowest BCUT2D eigenvalue weighted by Crippen LogP contribution is -2.37. The first kappa shape index (κ1) is 14.5. The summed E-state index contributed by atoms with van der Waals surface area (Å²) in [6, 6.07) is 5.07. The van der Waals surface area contributed by atoms with Crippen molar-refractivity contribution in [3.05, 3.63) is 34.4 Å². The molecule has 1 fully saturated rings. The van der Waals surface area contributed by atoms with Crippen LogP contribution in [0.15, 0.2) is 12.1 Å². The van der Waals surface area contributed by atoms with Crippen LogP contribution in [0.5, 0.6) is 0 Å². The molecule has 0 saturated carbocycles. The molecule has 0 radical (unpaired) electrons. The number of hydrogen-bond donors (Lipinski definition) is 1. The number of nitrogens with zero attached hydrogens (tertiary/aromatic N) is 1. The van der Waals surface area contributed by atoms with Crippen LogP contribution in [0.2, 0.25) is 0 Å². The molecule has 0 spiro atoms. The van der Waals surface area contributed by atoms with E-state index in [2.05, 4.69) is 50.2 Å². The number of likely N-dealkylation sites (N-methyl/N-ethyl adjacent to an activating group) is 1. The van der Waals surface area contributed by atoms with Gasteiger partial charge in [-0.25, -0.2) is 0 Å². The van der Waals surface area contributed by atoms with E-state index in [1.807, 2.05) is 0 Å². The van der Waals surface area contributed by atoms with E-state index in [0.29, 0.717) is 6.04 Å². The van der Waals surface area contributed by atoms with Crippen LogP contribution in [0.25, 0.3) is 0 Å². The van der Waals surface area contributed by atoms with Gasteiger partial charge in [0.15, 0.2) is 0 Å². The summed E-state index contributed by atoms with van der Waals surface area (Å²) in [5.41, 5.74) is 5.72. The van der Waals surface area contributed by atoms with E-state index in [-0.39, 0.29) is 0 Å². The van der Waals surface area contributed by atoms with Crippen molar-refractivity contribution in [3.63, 3.8) is 0 Å². The lowest BCUT2D eigenvalue weighted by atomic mass is 9.93. The van der Waals surface area contributed by atoms with E-state index in [0.717, 1.165) is 6.54 Å². The third-order valence-corrected chi connectivity index (χ3v) is 4.32. The zero-order valence-electron chi connectivity index (χ0n) is 12.9. The lowest BCUT2D eigenvalue weighted by molar-refractivity contribution is 0.208. The van der Waals surface area contributed by atoms with Crippen molar-refractivity contribution < 1.29 is 0 Å².